The molecule has 0 spiro atoms. The van der Waals surface area contributed by atoms with Gasteiger partial charge in [-0.2, -0.15) is 5.10 Å². The van der Waals surface area contributed by atoms with Crippen LogP contribution in [0.2, 0.25) is 5.02 Å². The molecule has 0 fully saturated rings. The molecule has 0 atom stereocenters. The van der Waals surface area contributed by atoms with Gasteiger partial charge in [0.2, 0.25) is 0 Å². The number of carbonyl (C=O) groups is 1. The van der Waals surface area contributed by atoms with Crippen LogP contribution in [0.25, 0.3) is 0 Å². The van der Waals surface area contributed by atoms with Crippen LogP contribution in [0.3, 0.4) is 0 Å². The van der Waals surface area contributed by atoms with Crippen LogP contribution in [-0.2, 0) is 13.5 Å². The number of nitrogens with zero attached hydrogens (tertiary/aromatic N) is 2. The molecule has 2 aromatic rings. The van der Waals surface area contributed by atoms with Gasteiger partial charge < -0.3 is 10.6 Å². The highest BCUT2D eigenvalue weighted by atomic mass is 35.5. The number of aromatic nitrogens is 2. The monoisotopic (exact) mass is 324 g/mol. The van der Waals surface area contributed by atoms with Gasteiger partial charge >= 0.3 is 6.03 Å². The minimum atomic E-state index is -0.518. The second kappa shape index (κ2) is 6.79. The van der Waals surface area contributed by atoms with Crippen LogP contribution in [0.15, 0.2) is 18.2 Å². The fourth-order valence-corrected chi connectivity index (χ4v) is 2.41. The summed E-state index contributed by atoms with van der Waals surface area (Å²) in [5.41, 5.74) is 3.63. The van der Waals surface area contributed by atoms with Crippen molar-refractivity contribution in [2.75, 3.05) is 11.9 Å². The van der Waals surface area contributed by atoms with Crippen molar-refractivity contribution < 1.29 is 9.18 Å². The first-order valence-electron chi connectivity index (χ1n) is 6.87. The van der Waals surface area contributed by atoms with Crippen LogP contribution in [0.5, 0.6) is 0 Å². The lowest BCUT2D eigenvalue weighted by Gasteiger charge is -2.08. The van der Waals surface area contributed by atoms with E-state index in [9.17, 15) is 9.18 Å². The number of aryl methyl sites for hydroxylation is 2. The molecule has 5 nitrogen and oxygen atoms in total. The van der Waals surface area contributed by atoms with Crippen molar-refractivity contribution in [1.29, 1.82) is 0 Å². The van der Waals surface area contributed by atoms with E-state index in [0.29, 0.717) is 18.7 Å². The van der Waals surface area contributed by atoms with Crippen LogP contribution in [0.4, 0.5) is 14.9 Å². The Hall–Kier alpha value is -2.08. The Kier molecular flexibility index (Phi) is 5.03. The number of carbonyl (C=O) groups excluding carboxylic acids is 1. The predicted molar refractivity (Wildman–Crippen MR) is 84.8 cm³/mol. The molecule has 1 aromatic carbocycles. The number of nitrogens with one attached hydrogen (secondary N) is 2. The fourth-order valence-electron chi connectivity index (χ4n) is 2.23. The Morgan fingerprint density at radius 1 is 1.41 bits per heavy atom. The Labute approximate surface area is 133 Å². The van der Waals surface area contributed by atoms with Gasteiger partial charge in [0, 0.05) is 25.0 Å². The molecule has 118 valence electrons. The third-order valence-corrected chi connectivity index (χ3v) is 3.79. The second-order valence-corrected chi connectivity index (χ2v) is 5.44. The van der Waals surface area contributed by atoms with Crippen molar-refractivity contribution in [3.63, 3.8) is 0 Å². The van der Waals surface area contributed by atoms with E-state index in [-0.39, 0.29) is 11.1 Å². The lowest BCUT2D eigenvalue weighted by Crippen LogP contribution is -2.30. The van der Waals surface area contributed by atoms with Crippen molar-refractivity contribution in [1.82, 2.24) is 15.1 Å². The maximum atomic E-state index is 13.0. The molecule has 0 unspecified atom stereocenters. The third kappa shape index (κ3) is 3.76. The number of hydrogen-bond donors (Lipinski definition) is 2. The first-order valence-corrected chi connectivity index (χ1v) is 7.25. The van der Waals surface area contributed by atoms with E-state index >= 15 is 0 Å². The molecule has 0 saturated heterocycles. The van der Waals surface area contributed by atoms with E-state index < -0.39 is 5.82 Å². The molecular weight excluding hydrogens is 307 g/mol. The molecular formula is C15H18ClFN4O. The van der Waals surface area contributed by atoms with Crippen LogP contribution >= 0.6 is 11.6 Å². The largest absolute Gasteiger partial charge is 0.338 e. The van der Waals surface area contributed by atoms with Crippen LogP contribution in [-0.4, -0.2) is 22.4 Å². The molecule has 2 amide bonds. The standard InChI is InChI=1S/C15H18ClFN4O/c1-9-12(10(2)21(3)20-9)6-7-18-15(22)19-11-4-5-14(17)13(16)8-11/h4-5,8H,6-7H2,1-3H3,(H2,18,19,22). The summed E-state index contributed by atoms with van der Waals surface area (Å²) in [4.78, 5) is 11.8. The van der Waals surface area contributed by atoms with E-state index in [4.69, 9.17) is 11.6 Å². The lowest BCUT2D eigenvalue weighted by molar-refractivity contribution is 0.252. The van der Waals surface area contributed by atoms with Crippen molar-refractivity contribution >= 4 is 23.3 Å². The number of urea groups is 1. The highest BCUT2D eigenvalue weighted by molar-refractivity contribution is 6.31. The lowest BCUT2D eigenvalue weighted by atomic mass is 10.1. The zero-order valence-electron chi connectivity index (χ0n) is 12.7. The Bertz CT molecular complexity index is 699. The summed E-state index contributed by atoms with van der Waals surface area (Å²) < 4.78 is 14.9. The van der Waals surface area contributed by atoms with Crippen molar-refractivity contribution in [3.8, 4) is 0 Å². The number of halogens is 2. The molecule has 0 radical (unpaired) electrons. The first-order chi connectivity index (χ1) is 10.4. The van der Waals surface area contributed by atoms with Gasteiger partial charge in [-0.15, -0.1) is 0 Å². The van der Waals surface area contributed by atoms with E-state index in [1.165, 1.54) is 18.2 Å². The number of amides is 2. The van der Waals surface area contributed by atoms with Crippen molar-refractivity contribution in [2.45, 2.75) is 20.3 Å². The predicted octanol–water partition coefficient (Wildman–Crippen LogP) is 3.19. The molecule has 0 aliphatic rings. The Morgan fingerprint density at radius 2 is 2.14 bits per heavy atom. The van der Waals surface area contributed by atoms with Gasteiger partial charge in [-0.25, -0.2) is 9.18 Å². The molecule has 22 heavy (non-hydrogen) atoms. The molecule has 0 saturated carbocycles. The summed E-state index contributed by atoms with van der Waals surface area (Å²) in [6.45, 7) is 4.42. The SMILES string of the molecule is Cc1nn(C)c(C)c1CCNC(=O)Nc1ccc(F)c(Cl)c1. The van der Waals surface area contributed by atoms with Gasteiger partial charge in [0.25, 0.3) is 0 Å². The average molecular weight is 325 g/mol. The van der Waals surface area contributed by atoms with Crippen molar-refractivity contribution in [2.24, 2.45) is 7.05 Å². The number of benzene rings is 1. The molecule has 0 aliphatic heterocycles. The van der Waals surface area contributed by atoms with Gasteiger partial charge in [-0.3, -0.25) is 4.68 Å². The first kappa shape index (κ1) is 16.3. The topological polar surface area (TPSA) is 59.0 Å². The Balaban J connectivity index is 1.86. The summed E-state index contributed by atoms with van der Waals surface area (Å²) in [5.74, 6) is -0.518. The van der Waals surface area contributed by atoms with Crippen LogP contribution in [0, 0.1) is 19.7 Å². The molecule has 2 N–H and O–H groups in total. The molecule has 0 bridgehead atoms. The van der Waals surface area contributed by atoms with Gasteiger partial charge in [-0.1, -0.05) is 11.6 Å². The molecule has 2 rings (SSSR count). The van der Waals surface area contributed by atoms with Gasteiger partial charge in [0.05, 0.1) is 10.7 Å². The van der Waals surface area contributed by atoms with Gasteiger partial charge in [0.15, 0.2) is 0 Å². The summed E-state index contributed by atoms with van der Waals surface area (Å²) in [6, 6.07) is 3.67. The maximum Gasteiger partial charge on any atom is 0.319 e. The van der Waals surface area contributed by atoms with Gasteiger partial charge in [0.1, 0.15) is 5.82 Å². The number of rotatable bonds is 4. The zero-order chi connectivity index (χ0) is 16.3. The highest BCUT2D eigenvalue weighted by Gasteiger charge is 2.10. The number of anilines is 1. The quantitative estimate of drug-likeness (QED) is 0.907. The van der Waals surface area contributed by atoms with E-state index in [1.54, 1.807) is 0 Å². The Morgan fingerprint density at radius 3 is 2.73 bits per heavy atom. The van der Waals surface area contributed by atoms with Crippen LogP contribution < -0.4 is 10.6 Å². The van der Waals surface area contributed by atoms with Crippen LogP contribution in [0.1, 0.15) is 17.0 Å². The summed E-state index contributed by atoms with van der Waals surface area (Å²) >= 11 is 5.66. The summed E-state index contributed by atoms with van der Waals surface area (Å²) in [7, 11) is 1.89. The third-order valence-electron chi connectivity index (χ3n) is 3.50. The highest BCUT2D eigenvalue weighted by Crippen LogP contribution is 2.19. The second-order valence-electron chi connectivity index (χ2n) is 5.03. The maximum absolute atomic E-state index is 13.0. The van der Waals surface area contributed by atoms with E-state index in [0.717, 1.165) is 17.0 Å². The molecule has 0 aliphatic carbocycles. The normalized spacial score (nSPS) is 10.6. The summed E-state index contributed by atoms with van der Waals surface area (Å²) in [6.07, 6.45) is 0.698. The van der Waals surface area contributed by atoms with Gasteiger partial charge in [-0.05, 0) is 44.0 Å². The van der Waals surface area contributed by atoms with Crippen molar-refractivity contribution in [3.05, 3.63) is 46.0 Å². The minimum Gasteiger partial charge on any atom is -0.338 e. The average Bonchev–Trinajstić information content (AvgIpc) is 2.69. The zero-order valence-corrected chi connectivity index (χ0v) is 13.5. The fraction of sp³-hybridized carbons (Fsp3) is 0.333. The van der Waals surface area contributed by atoms with E-state index in [2.05, 4.69) is 15.7 Å². The smallest absolute Gasteiger partial charge is 0.319 e. The van der Waals surface area contributed by atoms with E-state index in [1.807, 2.05) is 25.6 Å². The molecule has 7 heteroatoms. The number of hydrogen-bond acceptors (Lipinski definition) is 2. The summed E-state index contributed by atoms with van der Waals surface area (Å²) in [5, 5.41) is 9.67. The molecule has 1 aromatic heterocycles. The molecule has 1 heterocycles. The minimum absolute atomic E-state index is 0.0283.